The lowest BCUT2D eigenvalue weighted by Crippen LogP contribution is -2.33. The minimum absolute atomic E-state index is 0.167. The van der Waals surface area contributed by atoms with E-state index in [4.69, 9.17) is 9.97 Å². The Labute approximate surface area is 323 Å². The lowest BCUT2D eigenvalue weighted by Gasteiger charge is -2.21. The quantitative estimate of drug-likeness (QED) is 0.146. The Balaban J connectivity index is 0.898. The molecule has 6 nitrogen and oxygen atoms in total. The molecule has 7 aromatic rings. The van der Waals surface area contributed by atoms with Gasteiger partial charge in [0.25, 0.3) is 0 Å². The Morgan fingerprint density at radius 2 is 0.759 bits per heavy atom. The van der Waals surface area contributed by atoms with Gasteiger partial charge in [0.15, 0.2) is 47.5 Å². The van der Waals surface area contributed by atoms with Crippen LogP contribution in [0.4, 0.5) is 0 Å². The van der Waals surface area contributed by atoms with Gasteiger partial charge in [-0.15, -0.1) is 0 Å². The van der Waals surface area contributed by atoms with E-state index in [1.165, 1.54) is 44.5 Å². The molecule has 24 aliphatic heterocycles. The number of thiazole rings is 2. The maximum atomic E-state index is 5.02. The predicted octanol–water partition coefficient (Wildman–Crippen LogP) is 9.33. The first-order valence-corrected chi connectivity index (χ1v) is 20.0. The lowest BCUT2D eigenvalue weighted by molar-refractivity contribution is -0.688. The largest absolute Gasteiger partial charge is 0.350 e. The van der Waals surface area contributed by atoms with Gasteiger partial charge < -0.3 is 9.80 Å². The Morgan fingerprint density at radius 3 is 1.13 bits per heavy atom. The molecule has 0 spiro atoms. The number of hydrogen-bond acceptors (Lipinski definition) is 6. The molecule has 24 aliphatic rings. The van der Waals surface area contributed by atoms with E-state index in [-0.39, 0.29) is 11.8 Å². The summed E-state index contributed by atoms with van der Waals surface area (Å²) in [5.41, 5.74) is 9.99. The third-order valence-corrected chi connectivity index (χ3v) is 12.6. The molecular weight excluding hydrogens is 701 g/mol. The standard InChI is InChI=1S/C46H38N6S2/c1-5-35-6-2-33(1)29-49-21-13-39(14-22-49)37-9-11-38(12-10-37)40-15-23-50(24-16-40)30-34-3-7-36(8-4-34)32-52-27-19-42(20-28-52)44-48-46-45(54-44)47-43(53-46)41-17-25-51(31-35)26-18-41/h1-28,41-42H,29-32H2/q+2. The molecular formula is C46H38N6S2+2. The number of aromatic nitrogens is 4. The number of allylic oxidation sites excluding steroid dienone is 4. The molecule has 0 amide bonds. The van der Waals surface area contributed by atoms with Crippen molar-refractivity contribution in [3.8, 4) is 22.3 Å². The van der Waals surface area contributed by atoms with Gasteiger partial charge in [-0.2, -0.15) is 0 Å². The van der Waals surface area contributed by atoms with Crippen LogP contribution in [0.15, 0.2) is 171 Å². The maximum absolute atomic E-state index is 5.02. The number of nitrogens with zero attached hydrogens (tertiary/aromatic N) is 6. The zero-order chi connectivity index (χ0) is 35.8. The third kappa shape index (κ3) is 6.94. The highest BCUT2D eigenvalue weighted by molar-refractivity contribution is 7.26. The van der Waals surface area contributed by atoms with Crippen LogP contribution in [0.25, 0.3) is 31.9 Å². The van der Waals surface area contributed by atoms with Crippen LogP contribution in [0.1, 0.15) is 44.1 Å². The zero-order valence-electron chi connectivity index (χ0n) is 29.6. The Kier molecular flexibility index (Phi) is 8.54. The molecule has 0 saturated carbocycles. The van der Waals surface area contributed by atoms with Gasteiger partial charge in [-0.1, -0.05) is 120 Å². The monoisotopic (exact) mass is 738 g/mol. The van der Waals surface area contributed by atoms with Gasteiger partial charge in [-0.05, 0) is 33.4 Å². The van der Waals surface area contributed by atoms with Crippen LogP contribution in [0.5, 0.6) is 0 Å². The highest BCUT2D eigenvalue weighted by atomic mass is 32.1. The molecule has 0 saturated heterocycles. The fourth-order valence-electron chi connectivity index (χ4n) is 7.25. The van der Waals surface area contributed by atoms with Crippen LogP contribution >= 0.6 is 22.7 Å². The first-order valence-electron chi connectivity index (χ1n) is 18.4. The van der Waals surface area contributed by atoms with Gasteiger partial charge in [-0.3, -0.25) is 0 Å². The average Bonchev–Trinajstić information content (AvgIpc) is 3.81. The fourth-order valence-corrected chi connectivity index (χ4v) is 9.42. The molecule has 28 heterocycles. The average molecular weight is 739 g/mol. The van der Waals surface area contributed by atoms with Crippen molar-refractivity contribution in [2.45, 2.75) is 38.0 Å². The molecule has 8 heteroatoms. The summed E-state index contributed by atoms with van der Waals surface area (Å²) in [5, 5.41) is 2.19. The van der Waals surface area contributed by atoms with Gasteiger partial charge in [-0.25, -0.2) is 19.1 Å². The maximum Gasteiger partial charge on any atom is 0.173 e. The van der Waals surface area contributed by atoms with E-state index < -0.39 is 0 Å². The number of pyridine rings is 2. The summed E-state index contributed by atoms with van der Waals surface area (Å²) in [6.45, 7) is 3.32. The molecule has 0 atom stereocenters. The minimum atomic E-state index is 0.167. The summed E-state index contributed by atoms with van der Waals surface area (Å²) < 4.78 is 4.48. The van der Waals surface area contributed by atoms with Crippen LogP contribution in [0.3, 0.4) is 0 Å². The second-order valence-corrected chi connectivity index (χ2v) is 16.2. The van der Waals surface area contributed by atoms with Crippen molar-refractivity contribution >= 4 is 32.3 Å². The molecule has 3 aromatic carbocycles. The minimum Gasteiger partial charge on any atom is -0.350 e. The van der Waals surface area contributed by atoms with Crippen molar-refractivity contribution < 1.29 is 9.13 Å². The summed E-state index contributed by atoms with van der Waals surface area (Å²) in [6.07, 6.45) is 26.4. The molecule has 18 bridgehead atoms. The van der Waals surface area contributed by atoms with Crippen molar-refractivity contribution in [2.24, 2.45) is 0 Å². The van der Waals surface area contributed by atoms with Crippen LogP contribution in [0, 0.1) is 0 Å². The summed E-state index contributed by atoms with van der Waals surface area (Å²) in [7, 11) is 0. The smallest absolute Gasteiger partial charge is 0.173 e. The Hall–Kier alpha value is -5.96. The highest BCUT2D eigenvalue weighted by Crippen LogP contribution is 2.37. The second kappa shape index (κ2) is 14.1. The van der Waals surface area contributed by atoms with E-state index in [2.05, 4.69) is 190 Å². The van der Waals surface area contributed by atoms with Crippen LogP contribution in [0.2, 0.25) is 0 Å². The Morgan fingerprint density at radius 1 is 0.426 bits per heavy atom. The normalized spacial score (nSPS) is 17.7. The highest BCUT2D eigenvalue weighted by Gasteiger charge is 2.21. The molecule has 0 aliphatic carbocycles. The zero-order valence-corrected chi connectivity index (χ0v) is 31.3. The number of hydrogen-bond donors (Lipinski definition) is 0. The molecule has 0 N–H and O–H groups in total. The molecule has 0 fully saturated rings. The van der Waals surface area contributed by atoms with Crippen molar-refractivity contribution in [1.82, 2.24) is 19.8 Å². The van der Waals surface area contributed by atoms with Gasteiger partial charge in [0, 0.05) is 73.3 Å². The van der Waals surface area contributed by atoms with Crippen molar-refractivity contribution in [1.29, 1.82) is 0 Å². The van der Waals surface area contributed by atoms with Gasteiger partial charge in [0.1, 0.15) is 10.0 Å². The fraction of sp³-hybridized carbons (Fsp3) is 0.130. The van der Waals surface area contributed by atoms with Crippen LogP contribution in [-0.4, -0.2) is 19.8 Å². The molecule has 54 heavy (non-hydrogen) atoms. The summed E-state index contributed by atoms with van der Waals surface area (Å²) in [4.78, 5) is 16.6. The van der Waals surface area contributed by atoms with Crippen LogP contribution < -0.4 is 9.13 Å². The predicted molar refractivity (Wildman–Crippen MR) is 217 cm³/mol. The Bertz CT molecular complexity index is 2310. The SMILES string of the molecule is C1=CN2C=CC1c1nc3sc(nc3s1)C1C=CN(C=C1)Cc1ccc(cc1)C[n+]1ccc(cc1)-c1ccc(cc1)-c1cc[n+](cc1)Cc1ccc(cc1)C2. The summed E-state index contributed by atoms with van der Waals surface area (Å²) in [6, 6.07) is 35.6. The topological polar surface area (TPSA) is 40.0 Å². The lowest BCUT2D eigenvalue weighted by atomic mass is 10.0. The van der Waals surface area contributed by atoms with E-state index in [0.29, 0.717) is 0 Å². The van der Waals surface area contributed by atoms with E-state index in [1.807, 2.05) is 0 Å². The molecule has 0 unspecified atom stereocenters. The van der Waals surface area contributed by atoms with Gasteiger partial charge >= 0.3 is 0 Å². The van der Waals surface area contributed by atoms with E-state index in [1.54, 1.807) is 22.7 Å². The van der Waals surface area contributed by atoms with Crippen molar-refractivity contribution in [3.05, 3.63) is 203 Å². The molecule has 0 radical (unpaired) electrons. The first-order chi connectivity index (χ1) is 26.6. The van der Waals surface area contributed by atoms with E-state index in [0.717, 1.165) is 45.9 Å². The summed E-state index contributed by atoms with van der Waals surface area (Å²) >= 11 is 3.41. The van der Waals surface area contributed by atoms with Crippen molar-refractivity contribution in [3.63, 3.8) is 0 Å². The number of benzene rings is 3. The third-order valence-electron chi connectivity index (χ3n) is 10.4. The molecule has 31 rings (SSSR count). The molecule has 262 valence electrons. The first kappa shape index (κ1) is 32.7. The summed E-state index contributed by atoms with van der Waals surface area (Å²) in [5.74, 6) is 0.333. The van der Waals surface area contributed by atoms with E-state index >= 15 is 0 Å². The molecule has 4 aromatic heterocycles. The van der Waals surface area contributed by atoms with Gasteiger partial charge in [0.05, 0.1) is 11.8 Å². The van der Waals surface area contributed by atoms with Gasteiger partial charge in [0.2, 0.25) is 0 Å². The number of rotatable bonds is 0. The van der Waals surface area contributed by atoms with E-state index in [9.17, 15) is 0 Å². The second-order valence-electron chi connectivity index (χ2n) is 14.2. The van der Waals surface area contributed by atoms with Crippen LogP contribution in [-0.2, 0) is 26.2 Å². The van der Waals surface area contributed by atoms with Crippen molar-refractivity contribution in [2.75, 3.05) is 0 Å².